The van der Waals surface area contributed by atoms with Gasteiger partial charge in [-0.05, 0) is 24.6 Å². The molecule has 5 nitrogen and oxygen atoms in total. The molecule has 1 aromatic heterocycles. The molecule has 1 aliphatic heterocycles. The number of aryl methyl sites for hydroxylation is 1. The molecule has 3 rings (SSSR count). The average Bonchev–Trinajstić information content (AvgIpc) is 2.47. The van der Waals surface area contributed by atoms with E-state index in [1.54, 1.807) is 12.1 Å². The Balaban J connectivity index is 1.76. The first-order chi connectivity index (χ1) is 10.1. The number of halogens is 1. The van der Waals surface area contributed by atoms with E-state index in [2.05, 4.69) is 15.6 Å². The third kappa shape index (κ3) is 3.08. The van der Waals surface area contributed by atoms with Crippen molar-refractivity contribution in [2.24, 2.45) is 0 Å². The molecule has 1 amide bonds. The van der Waals surface area contributed by atoms with Gasteiger partial charge in [0.05, 0.1) is 28.6 Å². The van der Waals surface area contributed by atoms with E-state index in [0.717, 1.165) is 16.9 Å². The molecule has 21 heavy (non-hydrogen) atoms. The number of fused-ring (bicyclic) bond motifs is 1. The van der Waals surface area contributed by atoms with Crippen LogP contribution in [0.4, 0.5) is 11.4 Å². The lowest BCUT2D eigenvalue weighted by molar-refractivity contribution is -0.118. The highest BCUT2D eigenvalue weighted by Crippen LogP contribution is 2.36. The molecule has 0 saturated heterocycles. The molecular weight excluding hydrogens is 290 g/mol. The van der Waals surface area contributed by atoms with Gasteiger partial charge in [0.25, 0.3) is 5.91 Å². The van der Waals surface area contributed by atoms with E-state index in [1.807, 2.05) is 25.3 Å². The Morgan fingerprint density at radius 2 is 2.29 bits per heavy atom. The fraction of sp³-hybridized carbons (Fsp3) is 0.200. The maximum Gasteiger partial charge on any atom is 0.262 e. The molecular formula is C15H14ClN3O2. The highest BCUT2D eigenvalue weighted by Gasteiger charge is 2.18. The second-order valence-corrected chi connectivity index (χ2v) is 5.25. The number of carbonyl (C=O) groups is 1. The topological polar surface area (TPSA) is 63.2 Å². The summed E-state index contributed by atoms with van der Waals surface area (Å²) in [5.41, 5.74) is 3.38. The van der Waals surface area contributed by atoms with Crippen LogP contribution in [-0.2, 0) is 11.3 Å². The summed E-state index contributed by atoms with van der Waals surface area (Å²) in [5.74, 6) is 0.432. The van der Waals surface area contributed by atoms with Gasteiger partial charge < -0.3 is 15.4 Å². The van der Waals surface area contributed by atoms with Crippen molar-refractivity contribution in [2.75, 3.05) is 17.2 Å². The van der Waals surface area contributed by atoms with Crippen LogP contribution >= 0.6 is 11.6 Å². The summed E-state index contributed by atoms with van der Waals surface area (Å²) in [5, 5.41) is 6.46. The molecule has 0 unspecified atom stereocenters. The number of hydrogen-bond donors (Lipinski definition) is 2. The van der Waals surface area contributed by atoms with Crippen molar-refractivity contribution in [3.8, 4) is 5.75 Å². The number of nitrogens with zero attached hydrogens (tertiary/aromatic N) is 1. The van der Waals surface area contributed by atoms with E-state index < -0.39 is 0 Å². The normalized spacial score (nSPS) is 13.1. The molecule has 0 spiro atoms. The first kappa shape index (κ1) is 13.7. The number of ether oxygens (including phenoxy) is 1. The fourth-order valence-electron chi connectivity index (χ4n) is 2.02. The number of anilines is 2. The maximum atomic E-state index is 11.3. The summed E-state index contributed by atoms with van der Waals surface area (Å²) in [4.78, 5) is 15.6. The number of nitrogens with one attached hydrogen (secondary N) is 2. The van der Waals surface area contributed by atoms with Crippen molar-refractivity contribution >= 4 is 28.9 Å². The minimum atomic E-state index is -0.178. The van der Waals surface area contributed by atoms with Crippen LogP contribution in [-0.4, -0.2) is 17.5 Å². The van der Waals surface area contributed by atoms with E-state index in [1.165, 1.54) is 0 Å². The van der Waals surface area contributed by atoms with Gasteiger partial charge in [-0.1, -0.05) is 17.7 Å². The van der Waals surface area contributed by atoms with Crippen LogP contribution < -0.4 is 15.4 Å². The van der Waals surface area contributed by atoms with Gasteiger partial charge in [-0.2, -0.15) is 0 Å². The van der Waals surface area contributed by atoms with Crippen molar-refractivity contribution in [3.63, 3.8) is 0 Å². The lowest BCUT2D eigenvalue weighted by Crippen LogP contribution is -2.25. The Morgan fingerprint density at radius 3 is 3.05 bits per heavy atom. The van der Waals surface area contributed by atoms with Crippen LogP contribution in [0.15, 0.2) is 30.5 Å². The van der Waals surface area contributed by atoms with Gasteiger partial charge in [-0.15, -0.1) is 0 Å². The van der Waals surface area contributed by atoms with E-state index in [4.69, 9.17) is 16.3 Å². The van der Waals surface area contributed by atoms with Crippen LogP contribution in [0, 0.1) is 6.92 Å². The van der Waals surface area contributed by atoms with E-state index in [-0.39, 0.29) is 12.5 Å². The van der Waals surface area contributed by atoms with E-state index >= 15 is 0 Å². The Bertz CT molecular complexity index is 686. The molecule has 2 N–H and O–H groups in total. The van der Waals surface area contributed by atoms with Crippen LogP contribution in [0.25, 0.3) is 0 Å². The molecule has 6 heteroatoms. The zero-order chi connectivity index (χ0) is 14.8. The zero-order valence-corrected chi connectivity index (χ0v) is 12.2. The van der Waals surface area contributed by atoms with Crippen molar-refractivity contribution in [1.29, 1.82) is 0 Å². The molecule has 2 heterocycles. The van der Waals surface area contributed by atoms with Gasteiger partial charge in [0.2, 0.25) is 0 Å². The third-order valence-corrected chi connectivity index (χ3v) is 3.45. The number of pyridine rings is 1. The molecule has 108 valence electrons. The SMILES string of the molecule is Cc1ccc(CNc2cc3c(cc2Cl)NC(=O)CO3)nc1. The first-order valence-corrected chi connectivity index (χ1v) is 6.91. The summed E-state index contributed by atoms with van der Waals surface area (Å²) < 4.78 is 5.37. The van der Waals surface area contributed by atoms with E-state index in [9.17, 15) is 4.79 Å². The van der Waals surface area contributed by atoms with E-state index in [0.29, 0.717) is 23.0 Å². The standard InChI is InChI=1S/C15H14ClN3O2/c1-9-2-3-10(17-6-9)7-18-12-5-14-13(4-11(12)16)19-15(20)8-21-14/h2-6,18H,7-8H2,1H3,(H,19,20). The first-order valence-electron chi connectivity index (χ1n) is 6.53. The fourth-order valence-corrected chi connectivity index (χ4v) is 2.25. The van der Waals surface area contributed by atoms with Gasteiger partial charge in [-0.3, -0.25) is 9.78 Å². The summed E-state index contributed by atoms with van der Waals surface area (Å²) in [6, 6.07) is 7.44. The number of aromatic nitrogens is 1. The Hall–Kier alpha value is -2.27. The molecule has 0 radical (unpaired) electrons. The molecule has 0 saturated carbocycles. The minimum Gasteiger partial charge on any atom is -0.482 e. The largest absolute Gasteiger partial charge is 0.482 e. The second-order valence-electron chi connectivity index (χ2n) is 4.85. The van der Waals surface area contributed by atoms with Crippen molar-refractivity contribution < 1.29 is 9.53 Å². The van der Waals surface area contributed by atoms with Gasteiger partial charge in [-0.25, -0.2) is 0 Å². The Morgan fingerprint density at radius 1 is 1.43 bits per heavy atom. The smallest absolute Gasteiger partial charge is 0.262 e. The maximum absolute atomic E-state index is 11.3. The third-order valence-electron chi connectivity index (χ3n) is 3.13. The van der Waals surface area contributed by atoms with Gasteiger partial charge in [0.1, 0.15) is 5.75 Å². The zero-order valence-electron chi connectivity index (χ0n) is 11.4. The predicted octanol–water partition coefficient (Wildman–Crippen LogP) is 2.99. The highest BCUT2D eigenvalue weighted by atomic mass is 35.5. The van der Waals surface area contributed by atoms with Crippen LogP contribution in [0.1, 0.15) is 11.3 Å². The number of carbonyl (C=O) groups excluding carboxylic acids is 1. The molecule has 0 bridgehead atoms. The number of hydrogen-bond acceptors (Lipinski definition) is 4. The number of benzene rings is 1. The second kappa shape index (κ2) is 5.61. The lowest BCUT2D eigenvalue weighted by Gasteiger charge is -2.20. The summed E-state index contributed by atoms with van der Waals surface area (Å²) in [7, 11) is 0. The van der Waals surface area contributed by atoms with Crippen molar-refractivity contribution in [3.05, 3.63) is 46.7 Å². The molecule has 0 fully saturated rings. The molecule has 2 aromatic rings. The van der Waals surface area contributed by atoms with Crippen LogP contribution in [0.5, 0.6) is 5.75 Å². The number of amides is 1. The summed E-state index contributed by atoms with van der Waals surface area (Å²) >= 11 is 6.21. The van der Waals surface area contributed by atoms with Gasteiger partial charge in [0, 0.05) is 12.3 Å². The van der Waals surface area contributed by atoms with Crippen LogP contribution in [0.2, 0.25) is 5.02 Å². The Kier molecular flexibility index (Phi) is 3.66. The van der Waals surface area contributed by atoms with Crippen LogP contribution in [0.3, 0.4) is 0 Å². The van der Waals surface area contributed by atoms with Crippen molar-refractivity contribution in [1.82, 2.24) is 4.98 Å². The summed E-state index contributed by atoms with van der Waals surface area (Å²) in [6.45, 7) is 2.58. The van der Waals surface area contributed by atoms with Crippen molar-refractivity contribution in [2.45, 2.75) is 13.5 Å². The molecule has 1 aromatic carbocycles. The lowest BCUT2D eigenvalue weighted by atomic mass is 10.2. The quantitative estimate of drug-likeness (QED) is 0.915. The monoisotopic (exact) mass is 303 g/mol. The van der Waals surface area contributed by atoms with Gasteiger partial charge in [0.15, 0.2) is 6.61 Å². The van der Waals surface area contributed by atoms with Gasteiger partial charge >= 0.3 is 0 Å². The highest BCUT2D eigenvalue weighted by molar-refractivity contribution is 6.33. The summed E-state index contributed by atoms with van der Waals surface area (Å²) in [6.07, 6.45) is 1.82. The molecule has 0 aliphatic carbocycles. The number of rotatable bonds is 3. The average molecular weight is 304 g/mol. The minimum absolute atomic E-state index is 0.0214. The predicted molar refractivity (Wildman–Crippen MR) is 81.9 cm³/mol. The molecule has 1 aliphatic rings. The molecule has 0 atom stereocenters. The Labute approximate surface area is 127 Å².